The SMILES string of the molecule is C=C(C)[C@@]12OC3(c4ccccc4)O[C@@H]1C1C4O[C@]4(CO)[C@@H](O)[C@]4(O)C(=O)C(C)=CC4[C@@]1(O3)[C@H](C)[C@H]2OC(=O)c1ccccc1. The smallest absolute Gasteiger partial charge is 0.338 e. The van der Waals surface area contributed by atoms with Crippen LogP contribution in [0.5, 0.6) is 0 Å². The van der Waals surface area contributed by atoms with E-state index < -0.39 is 88.9 Å². The number of carbonyl (C=O) groups excluding carboxylic acids is 2. The van der Waals surface area contributed by atoms with Crippen LogP contribution in [0.1, 0.15) is 36.7 Å². The second kappa shape index (κ2) is 8.73. The van der Waals surface area contributed by atoms with Crippen LogP contribution in [0.4, 0.5) is 0 Å². The minimum absolute atomic E-state index is 0.232. The van der Waals surface area contributed by atoms with Crippen molar-refractivity contribution in [3.63, 3.8) is 0 Å². The molecule has 0 amide bonds. The van der Waals surface area contributed by atoms with Gasteiger partial charge in [0, 0.05) is 23.3 Å². The Kier molecular flexibility index (Phi) is 5.61. The molecule has 10 heteroatoms. The van der Waals surface area contributed by atoms with Gasteiger partial charge in [0.25, 0.3) is 0 Å². The molecule has 10 nitrogen and oxygen atoms in total. The number of carbonyl (C=O) groups is 2. The molecule has 2 aromatic carbocycles. The van der Waals surface area contributed by atoms with Crippen molar-refractivity contribution in [1.29, 1.82) is 0 Å². The highest BCUT2D eigenvalue weighted by Gasteiger charge is 2.90. The van der Waals surface area contributed by atoms with E-state index in [-0.39, 0.29) is 5.57 Å². The van der Waals surface area contributed by atoms with Gasteiger partial charge in [-0.15, -0.1) is 0 Å². The third kappa shape index (κ3) is 3.00. The van der Waals surface area contributed by atoms with Crippen molar-refractivity contribution in [2.24, 2.45) is 17.8 Å². The summed E-state index contributed by atoms with van der Waals surface area (Å²) in [7, 11) is 0. The Hall–Kier alpha value is -3.22. The van der Waals surface area contributed by atoms with Crippen LogP contribution in [-0.2, 0) is 34.5 Å². The van der Waals surface area contributed by atoms with E-state index in [1.165, 1.54) is 0 Å². The molecule has 6 aliphatic rings. The standard InChI is InChI=1S/C34H34O10/c1-17(2)32-25(40-28(37)20-11-7-5-8-12-20)19(4)33-22-15-18(3)24(36)31(22,39)29(38)30(16-35)26(41-30)23(33)27(32)42-34(43-32,44-33)21-13-9-6-10-14-21/h5-15,19,22-23,25-27,29,35,38-39H,1,16H2,2-4H3/t19-,22?,23?,25-,26?,27-,29-,30+,31-,32+,33+,34?/m1/s1. The van der Waals surface area contributed by atoms with Crippen LogP contribution in [0, 0.1) is 17.8 Å². The van der Waals surface area contributed by atoms with Gasteiger partial charge in [-0.3, -0.25) is 4.79 Å². The molecule has 3 saturated heterocycles. The molecule has 0 aromatic heterocycles. The van der Waals surface area contributed by atoms with E-state index in [4.69, 9.17) is 23.7 Å². The summed E-state index contributed by atoms with van der Waals surface area (Å²) in [6.45, 7) is 8.80. The second-order valence-electron chi connectivity index (χ2n) is 13.1. The van der Waals surface area contributed by atoms with Gasteiger partial charge in [0.15, 0.2) is 17.0 Å². The lowest BCUT2D eigenvalue weighted by atomic mass is 9.53. The molecule has 2 saturated carbocycles. The summed E-state index contributed by atoms with van der Waals surface area (Å²) < 4.78 is 33.4. The fourth-order valence-corrected chi connectivity index (χ4v) is 9.07. The molecule has 3 bridgehead atoms. The average Bonchev–Trinajstić information content (AvgIpc) is 3.65. The van der Waals surface area contributed by atoms with Crippen molar-refractivity contribution >= 4 is 11.8 Å². The maximum atomic E-state index is 13.8. The third-order valence-electron chi connectivity index (χ3n) is 11.1. The Morgan fingerprint density at radius 3 is 2.32 bits per heavy atom. The first-order valence-electron chi connectivity index (χ1n) is 14.9. The van der Waals surface area contributed by atoms with Crippen LogP contribution < -0.4 is 0 Å². The van der Waals surface area contributed by atoms with Crippen LogP contribution in [0.3, 0.4) is 0 Å². The zero-order valence-electron chi connectivity index (χ0n) is 24.5. The van der Waals surface area contributed by atoms with Gasteiger partial charge in [-0.2, -0.15) is 0 Å². The highest BCUT2D eigenvalue weighted by atomic mass is 16.9. The van der Waals surface area contributed by atoms with E-state index in [1.54, 1.807) is 74.5 Å². The fourth-order valence-electron chi connectivity index (χ4n) is 9.07. The summed E-state index contributed by atoms with van der Waals surface area (Å²) in [6.07, 6.45) is -3.09. The van der Waals surface area contributed by atoms with Crippen LogP contribution in [0.2, 0.25) is 0 Å². The number of rotatable bonds is 5. The molecule has 3 aliphatic carbocycles. The molecule has 0 radical (unpaired) electrons. The number of ether oxygens (including phenoxy) is 5. The minimum atomic E-state index is -2.42. The summed E-state index contributed by atoms with van der Waals surface area (Å²) in [5, 5.41) is 34.8. The Morgan fingerprint density at radius 1 is 1.02 bits per heavy atom. The Morgan fingerprint density at radius 2 is 1.68 bits per heavy atom. The van der Waals surface area contributed by atoms with E-state index in [0.29, 0.717) is 16.7 Å². The average molecular weight is 603 g/mol. The second-order valence-corrected chi connectivity index (χ2v) is 13.1. The number of hydrogen-bond acceptors (Lipinski definition) is 10. The highest BCUT2D eigenvalue weighted by Crippen LogP contribution is 2.74. The zero-order chi connectivity index (χ0) is 31.0. The molecule has 4 unspecified atom stereocenters. The Balaban J connectivity index is 1.41. The van der Waals surface area contributed by atoms with Crippen molar-refractivity contribution in [3.8, 4) is 0 Å². The van der Waals surface area contributed by atoms with Gasteiger partial charge in [-0.25, -0.2) is 4.79 Å². The normalized spacial score (nSPS) is 47.6. The largest absolute Gasteiger partial charge is 0.455 e. The number of fused-ring (bicyclic) bond motifs is 3. The maximum absolute atomic E-state index is 13.8. The molecule has 3 heterocycles. The van der Waals surface area contributed by atoms with Gasteiger partial charge in [0.2, 0.25) is 0 Å². The molecule has 3 N–H and O–H groups in total. The molecular weight excluding hydrogens is 568 g/mol. The van der Waals surface area contributed by atoms with Crippen molar-refractivity contribution in [1.82, 2.24) is 0 Å². The predicted octanol–water partition coefficient (Wildman–Crippen LogP) is 2.17. The third-order valence-corrected chi connectivity index (χ3v) is 11.1. The first-order valence-corrected chi connectivity index (χ1v) is 14.9. The van der Waals surface area contributed by atoms with Crippen molar-refractivity contribution in [2.45, 2.75) is 73.6 Å². The number of hydrogen-bond donors (Lipinski definition) is 3. The number of benzene rings is 2. The summed E-state index contributed by atoms with van der Waals surface area (Å²) >= 11 is 0. The van der Waals surface area contributed by atoms with Crippen molar-refractivity contribution in [3.05, 3.63) is 95.6 Å². The van der Waals surface area contributed by atoms with Gasteiger partial charge in [0.1, 0.15) is 30.0 Å². The highest BCUT2D eigenvalue weighted by molar-refractivity contribution is 6.05. The number of aliphatic hydroxyl groups is 3. The molecule has 44 heavy (non-hydrogen) atoms. The number of ketones is 1. The lowest BCUT2D eigenvalue weighted by Gasteiger charge is -2.61. The van der Waals surface area contributed by atoms with E-state index >= 15 is 0 Å². The maximum Gasteiger partial charge on any atom is 0.338 e. The zero-order valence-corrected chi connectivity index (χ0v) is 24.5. The number of aliphatic hydroxyl groups excluding tert-OH is 2. The lowest BCUT2D eigenvalue weighted by Crippen LogP contribution is -2.76. The van der Waals surface area contributed by atoms with Gasteiger partial charge < -0.3 is 39.0 Å². The van der Waals surface area contributed by atoms with E-state index in [2.05, 4.69) is 6.58 Å². The van der Waals surface area contributed by atoms with E-state index in [9.17, 15) is 24.9 Å². The molecule has 2 aromatic rings. The Bertz CT molecular complexity index is 1620. The molecule has 5 fully saturated rings. The van der Waals surface area contributed by atoms with Gasteiger partial charge in [-0.1, -0.05) is 68.1 Å². The van der Waals surface area contributed by atoms with Gasteiger partial charge in [0.05, 0.1) is 17.8 Å². The molecule has 3 aliphatic heterocycles. The lowest BCUT2D eigenvalue weighted by molar-refractivity contribution is -0.440. The fraction of sp³-hybridized carbons (Fsp3) is 0.471. The molecular formula is C34H34O10. The summed E-state index contributed by atoms with van der Waals surface area (Å²) in [4.78, 5) is 27.5. The predicted molar refractivity (Wildman–Crippen MR) is 152 cm³/mol. The monoisotopic (exact) mass is 602 g/mol. The first kappa shape index (κ1) is 28.3. The Labute approximate surface area is 253 Å². The van der Waals surface area contributed by atoms with Crippen LogP contribution >= 0.6 is 0 Å². The van der Waals surface area contributed by atoms with Crippen molar-refractivity contribution < 1.29 is 48.6 Å². The number of esters is 1. The molecule has 8 rings (SSSR count). The minimum Gasteiger partial charge on any atom is -0.455 e. The van der Waals surface area contributed by atoms with Gasteiger partial charge in [-0.05, 0) is 37.1 Å². The molecule has 230 valence electrons. The number of Topliss-reactive ketones (excluding diaryl/α,β-unsaturated/α-hetero) is 1. The molecule has 12 atom stereocenters. The topological polar surface area (TPSA) is 144 Å². The quantitative estimate of drug-likeness (QED) is 0.265. The van der Waals surface area contributed by atoms with Crippen LogP contribution in [0.15, 0.2) is 84.5 Å². The van der Waals surface area contributed by atoms with Crippen LogP contribution in [0.25, 0.3) is 0 Å². The first-order chi connectivity index (χ1) is 20.9. The number of epoxide rings is 1. The summed E-state index contributed by atoms with van der Waals surface area (Å²) in [5.41, 5.74) is -5.56. The van der Waals surface area contributed by atoms with Crippen LogP contribution in [-0.4, -0.2) is 80.5 Å². The van der Waals surface area contributed by atoms with E-state index in [0.717, 1.165) is 0 Å². The van der Waals surface area contributed by atoms with E-state index in [1.807, 2.05) is 13.0 Å². The van der Waals surface area contributed by atoms with Gasteiger partial charge >= 0.3 is 11.9 Å². The summed E-state index contributed by atoms with van der Waals surface area (Å²) in [5.74, 6) is -5.87. The van der Waals surface area contributed by atoms with Crippen molar-refractivity contribution in [2.75, 3.05) is 6.61 Å². The summed E-state index contributed by atoms with van der Waals surface area (Å²) in [6, 6.07) is 17.6. The molecule has 0 spiro atoms.